The Hall–Kier alpha value is -0.840. The molecule has 0 amide bonds. The van der Waals surface area contributed by atoms with Crippen LogP contribution in [0, 0.1) is 0 Å². The number of rotatable bonds is 2. The fourth-order valence-corrected chi connectivity index (χ4v) is 1.39. The van der Waals surface area contributed by atoms with Crippen LogP contribution in [-0.2, 0) is 0 Å². The minimum Gasteiger partial charge on any atom is -0.497 e. The molecule has 13 heavy (non-hydrogen) atoms. The maximum atomic E-state index is 11.9. The average Bonchev–Trinajstić information content (AvgIpc) is 2.01. The first kappa shape index (κ1) is 10.2. The highest BCUT2D eigenvalue weighted by molar-refractivity contribution is 8.00. The van der Waals surface area contributed by atoms with E-state index in [-0.39, 0.29) is 16.7 Å². The number of ether oxygens (including phenoxy) is 1. The monoisotopic (exact) mass is 208 g/mol. The van der Waals surface area contributed by atoms with Gasteiger partial charge in [-0.15, -0.1) is 0 Å². The lowest BCUT2D eigenvalue weighted by molar-refractivity contribution is -0.0328. The minimum atomic E-state index is -4.24. The van der Waals surface area contributed by atoms with Crippen molar-refractivity contribution in [3.63, 3.8) is 0 Å². The molecule has 0 aliphatic heterocycles. The van der Waals surface area contributed by atoms with Crippen molar-refractivity contribution in [1.29, 1.82) is 0 Å². The van der Waals surface area contributed by atoms with Crippen LogP contribution in [0.2, 0.25) is 0 Å². The summed E-state index contributed by atoms with van der Waals surface area (Å²) in [7, 11) is 1.41. The summed E-state index contributed by atoms with van der Waals surface area (Å²) < 4.78 is 40.5. The molecule has 0 unspecified atom stereocenters. The molecule has 0 aliphatic carbocycles. The van der Waals surface area contributed by atoms with E-state index in [1.807, 2.05) is 0 Å². The Balaban J connectivity index is 2.78. The van der Waals surface area contributed by atoms with Gasteiger partial charge in [0.15, 0.2) is 0 Å². The molecule has 0 aromatic heterocycles. The molecule has 0 N–H and O–H groups in total. The van der Waals surface area contributed by atoms with Crippen LogP contribution < -0.4 is 4.74 Å². The van der Waals surface area contributed by atoms with Crippen molar-refractivity contribution in [3.8, 4) is 5.75 Å². The van der Waals surface area contributed by atoms with Gasteiger partial charge in [0.05, 0.1) is 7.11 Å². The third-order valence-electron chi connectivity index (χ3n) is 1.27. The highest BCUT2D eigenvalue weighted by Gasteiger charge is 2.29. The van der Waals surface area contributed by atoms with Gasteiger partial charge >= 0.3 is 5.51 Å². The maximum Gasteiger partial charge on any atom is 0.446 e. The summed E-state index contributed by atoms with van der Waals surface area (Å²) >= 11 is -0.150. The van der Waals surface area contributed by atoms with E-state index in [1.54, 1.807) is 6.07 Å². The number of thioether (sulfide) groups is 1. The molecule has 5 heteroatoms. The van der Waals surface area contributed by atoms with Gasteiger partial charge in [-0.25, -0.2) is 0 Å². The molecule has 0 radical (unpaired) electrons. The molecule has 1 nitrogen and oxygen atoms in total. The van der Waals surface area contributed by atoms with E-state index in [9.17, 15) is 13.2 Å². The predicted octanol–water partition coefficient (Wildman–Crippen LogP) is 3.31. The van der Waals surface area contributed by atoms with E-state index in [4.69, 9.17) is 4.74 Å². The molecule has 0 bridgehead atoms. The van der Waals surface area contributed by atoms with E-state index in [0.29, 0.717) is 5.75 Å². The van der Waals surface area contributed by atoms with Crippen molar-refractivity contribution in [2.75, 3.05) is 7.11 Å². The Labute approximate surface area is 77.9 Å². The second-order valence-electron chi connectivity index (χ2n) is 2.23. The molecule has 72 valence electrons. The maximum absolute atomic E-state index is 11.9. The highest BCUT2D eigenvalue weighted by Crippen LogP contribution is 2.37. The lowest BCUT2D eigenvalue weighted by Crippen LogP contribution is -1.98. The van der Waals surface area contributed by atoms with E-state index < -0.39 is 5.51 Å². The Morgan fingerprint density at radius 1 is 1.31 bits per heavy atom. The standard InChI is InChI=1S/C8H7F3OS/c1-12-6-3-2-4-7(5-6)13-8(9,10)11/h2-5H,1H3. The SMILES string of the molecule is COc1cccc(SC(F)(F)F)c1. The van der Waals surface area contributed by atoms with Gasteiger partial charge in [0.25, 0.3) is 0 Å². The quantitative estimate of drug-likeness (QED) is 0.689. The number of hydrogen-bond acceptors (Lipinski definition) is 2. The van der Waals surface area contributed by atoms with Gasteiger partial charge in [-0.3, -0.25) is 0 Å². The summed E-state index contributed by atoms with van der Waals surface area (Å²) in [5.41, 5.74) is -4.24. The fourth-order valence-electron chi connectivity index (χ4n) is 0.798. The van der Waals surface area contributed by atoms with Crippen LogP contribution in [0.1, 0.15) is 0 Å². The molecular formula is C8H7F3OS. The zero-order valence-corrected chi connectivity index (χ0v) is 7.58. The fraction of sp³-hybridized carbons (Fsp3) is 0.250. The van der Waals surface area contributed by atoms with Crippen LogP contribution in [0.15, 0.2) is 29.2 Å². The molecular weight excluding hydrogens is 201 g/mol. The first-order chi connectivity index (χ1) is 6.01. The Bertz CT molecular complexity index is 285. The lowest BCUT2D eigenvalue weighted by Gasteiger charge is -2.06. The number of alkyl halides is 3. The largest absolute Gasteiger partial charge is 0.497 e. The zero-order chi connectivity index (χ0) is 9.90. The third-order valence-corrected chi connectivity index (χ3v) is 2.00. The summed E-state index contributed by atoms with van der Waals surface area (Å²) in [4.78, 5) is 0.131. The normalized spacial score (nSPS) is 11.4. The second-order valence-corrected chi connectivity index (χ2v) is 3.37. The lowest BCUT2D eigenvalue weighted by atomic mass is 10.3. The van der Waals surface area contributed by atoms with Gasteiger partial charge in [-0.05, 0) is 30.0 Å². The van der Waals surface area contributed by atoms with E-state index >= 15 is 0 Å². The number of halogens is 3. The van der Waals surface area contributed by atoms with E-state index in [1.165, 1.54) is 25.3 Å². The minimum absolute atomic E-state index is 0.131. The Morgan fingerprint density at radius 2 is 2.00 bits per heavy atom. The topological polar surface area (TPSA) is 9.23 Å². The van der Waals surface area contributed by atoms with Gasteiger partial charge in [0.2, 0.25) is 0 Å². The van der Waals surface area contributed by atoms with E-state index in [0.717, 1.165) is 0 Å². The second kappa shape index (κ2) is 3.91. The van der Waals surface area contributed by atoms with Crippen molar-refractivity contribution >= 4 is 11.8 Å². The third kappa shape index (κ3) is 3.59. The summed E-state index contributed by atoms with van der Waals surface area (Å²) in [5.74, 6) is 0.425. The van der Waals surface area contributed by atoms with Crippen LogP contribution in [0.3, 0.4) is 0 Å². The Kier molecular flexibility index (Phi) is 3.08. The molecule has 0 heterocycles. The molecule has 1 aromatic rings. The van der Waals surface area contributed by atoms with Crippen LogP contribution >= 0.6 is 11.8 Å². The average molecular weight is 208 g/mol. The van der Waals surface area contributed by atoms with Crippen LogP contribution in [0.5, 0.6) is 5.75 Å². The van der Waals surface area contributed by atoms with Crippen LogP contribution in [-0.4, -0.2) is 12.6 Å². The first-order valence-electron chi connectivity index (χ1n) is 3.41. The molecule has 0 atom stereocenters. The summed E-state index contributed by atoms with van der Waals surface area (Å²) in [6, 6.07) is 5.85. The molecule has 0 saturated carbocycles. The molecule has 0 saturated heterocycles. The number of methoxy groups -OCH3 is 1. The summed E-state index contributed by atoms with van der Waals surface area (Å²) in [6.07, 6.45) is 0. The number of benzene rings is 1. The van der Waals surface area contributed by atoms with Gasteiger partial charge in [0.1, 0.15) is 5.75 Å². The molecule has 0 aliphatic rings. The van der Waals surface area contributed by atoms with Crippen molar-refractivity contribution in [1.82, 2.24) is 0 Å². The summed E-state index contributed by atoms with van der Waals surface area (Å²) in [5, 5.41) is 0. The van der Waals surface area contributed by atoms with Crippen molar-refractivity contribution < 1.29 is 17.9 Å². The smallest absolute Gasteiger partial charge is 0.446 e. The summed E-state index contributed by atoms with van der Waals surface area (Å²) in [6.45, 7) is 0. The number of hydrogen-bond donors (Lipinski definition) is 0. The van der Waals surface area contributed by atoms with Gasteiger partial charge in [0, 0.05) is 4.90 Å². The van der Waals surface area contributed by atoms with Crippen molar-refractivity contribution in [3.05, 3.63) is 24.3 Å². The van der Waals surface area contributed by atoms with Crippen LogP contribution in [0.25, 0.3) is 0 Å². The van der Waals surface area contributed by atoms with Gasteiger partial charge < -0.3 is 4.74 Å². The van der Waals surface area contributed by atoms with Crippen molar-refractivity contribution in [2.24, 2.45) is 0 Å². The van der Waals surface area contributed by atoms with E-state index in [2.05, 4.69) is 0 Å². The van der Waals surface area contributed by atoms with Gasteiger partial charge in [-0.1, -0.05) is 6.07 Å². The zero-order valence-electron chi connectivity index (χ0n) is 6.76. The molecule has 0 spiro atoms. The first-order valence-corrected chi connectivity index (χ1v) is 4.23. The Morgan fingerprint density at radius 3 is 2.54 bits per heavy atom. The van der Waals surface area contributed by atoms with Crippen molar-refractivity contribution in [2.45, 2.75) is 10.4 Å². The molecule has 1 rings (SSSR count). The predicted molar refractivity (Wildman–Crippen MR) is 44.9 cm³/mol. The molecule has 0 fully saturated rings. The highest BCUT2D eigenvalue weighted by atomic mass is 32.2. The van der Waals surface area contributed by atoms with Crippen LogP contribution in [0.4, 0.5) is 13.2 Å². The van der Waals surface area contributed by atoms with Gasteiger partial charge in [-0.2, -0.15) is 13.2 Å². The molecule has 1 aromatic carbocycles.